The van der Waals surface area contributed by atoms with E-state index in [-0.39, 0.29) is 10.6 Å². The Kier molecular flexibility index (Phi) is 5.83. The van der Waals surface area contributed by atoms with Crippen molar-refractivity contribution in [3.05, 3.63) is 0 Å². The molecular formula is C13H26N2OS. The van der Waals surface area contributed by atoms with Crippen LogP contribution >= 0.6 is 12.2 Å². The van der Waals surface area contributed by atoms with Gasteiger partial charge in [0, 0.05) is 12.1 Å². The van der Waals surface area contributed by atoms with Crippen LogP contribution in [0.2, 0.25) is 0 Å². The van der Waals surface area contributed by atoms with Gasteiger partial charge in [0.25, 0.3) is 0 Å². The highest BCUT2D eigenvalue weighted by atomic mass is 32.1. The minimum absolute atomic E-state index is 0.0864. The Hall–Kier alpha value is -0.190. The lowest BCUT2D eigenvalue weighted by atomic mass is 9.94. The maximum Gasteiger partial charge on any atom is 0.170 e. The van der Waals surface area contributed by atoms with Gasteiger partial charge >= 0.3 is 0 Å². The van der Waals surface area contributed by atoms with Crippen LogP contribution in [-0.4, -0.2) is 58.7 Å². The Morgan fingerprint density at radius 2 is 1.88 bits per heavy atom. The average molecular weight is 258 g/mol. The number of likely N-dealkylation sites (tertiary alicyclic amines) is 1. The Balaban J connectivity index is 2.34. The Morgan fingerprint density at radius 1 is 1.29 bits per heavy atom. The van der Waals surface area contributed by atoms with Crippen LogP contribution in [-0.2, 0) is 0 Å². The van der Waals surface area contributed by atoms with Crippen LogP contribution in [0.4, 0.5) is 0 Å². The van der Waals surface area contributed by atoms with E-state index < -0.39 is 0 Å². The summed E-state index contributed by atoms with van der Waals surface area (Å²) in [4.78, 5) is 4.69. The van der Waals surface area contributed by atoms with Crippen LogP contribution in [0.15, 0.2) is 0 Å². The summed E-state index contributed by atoms with van der Waals surface area (Å²) in [6.07, 6.45) is 5.16. The third kappa shape index (κ3) is 5.32. The molecule has 17 heavy (non-hydrogen) atoms. The summed E-state index contributed by atoms with van der Waals surface area (Å²) in [5, 5.41) is 9.17. The van der Waals surface area contributed by atoms with E-state index in [4.69, 9.17) is 17.3 Å². The van der Waals surface area contributed by atoms with Crippen molar-refractivity contribution >= 4 is 17.3 Å². The molecule has 0 spiro atoms. The van der Waals surface area contributed by atoms with Gasteiger partial charge in [-0.05, 0) is 65.5 Å². The van der Waals surface area contributed by atoms with E-state index in [9.17, 15) is 0 Å². The molecule has 0 bridgehead atoms. The molecule has 0 radical (unpaired) electrons. The summed E-state index contributed by atoms with van der Waals surface area (Å²) in [5.41, 5.74) is 0.256. The highest BCUT2D eigenvalue weighted by Crippen LogP contribution is 2.23. The van der Waals surface area contributed by atoms with Crippen molar-refractivity contribution in [1.82, 2.24) is 9.80 Å². The number of hydrogen-bond acceptors (Lipinski definition) is 3. The molecule has 1 saturated heterocycles. The lowest BCUT2D eigenvalue weighted by Gasteiger charge is -2.41. The summed E-state index contributed by atoms with van der Waals surface area (Å²) in [7, 11) is 2.01. The second kappa shape index (κ2) is 6.66. The molecule has 0 aromatic carbocycles. The quantitative estimate of drug-likeness (QED) is 0.740. The molecule has 0 aliphatic carbocycles. The predicted molar refractivity (Wildman–Crippen MR) is 76.8 cm³/mol. The van der Waals surface area contributed by atoms with Crippen molar-refractivity contribution in [3.63, 3.8) is 0 Å². The van der Waals surface area contributed by atoms with Crippen LogP contribution in [0.5, 0.6) is 0 Å². The SMILES string of the molecule is CN(CCC(C)(C)N1CCCCC1)CC(O)=S. The zero-order chi connectivity index (χ0) is 12.9. The van der Waals surface area contributed by atoms with Crippen molar-refractivity contribution in [2.45, 2.75) is 45.1 Å². The summed E-state index contributed by atoms with van der Waals surface area (Å²) in [6.45, 7) is 8.59. The molecule has 3 nitrogen and oxygen atoms in total. The van der Waals surface area contributed by atoms with E-state index in [1.165, 1.54) is 32.4 Å². The van der Waals surface area contributed by atoms with Gasteiger partial charge in [-0.3, -0.25) is 9.80 Å². The molecule has 1 fully saturated rings. The molecule has 0 aromatic rings. The van der Waals surface area contributed by atoms with E-state index in [2.05, 4.69) is 23.6 Å². The fraction of sp³-hybridized carbons (Fsp3) is 0.923. The minimum Gasteiger partial charge on any atom is -0.501 e. The van der Waals surface area contributed by atoms with Crippen LogP contribution in [0.25, 0.3) is 0 Å². The largest absolute Gasteiger partial charge is 0.501 e. The average Bonchev–Trinajstić information content (AvgIpc) is 2.27. The summed E-state index contributed by atoms with van der Waals surface area (Å²) < 4.78 is 0. The highest BCUT2D eigenvalue weighted by molar-refractivity contribution is 7.80. The Morgan fingerprint density at radius 3 is 2.41 bits per heavy atom. The second-order valence-corrected chi connectivity index (χ2v) is 6.21. The van der Waals surface area contributed by atoms with Gasteiger partial charge in [-0.25, -0.2) is 0 Å². The Bertz CT molecular complexity index is 250. The molecule has 1 heterocycles. The topological polar surface area (TPSA) is 26.7 Å². The number of hydrogen-bond donors (Lipinski definition) is 1. The lowest BCUT2D eigenvalue weighted by Crippen LogP contribution is -2.48. The first kappa shape index (κ1) is 14.9. The van der Waals surface area contributed by atoms with E-state index in [1.807, 2.05) is 7.05 Å². The first-order chi connectivity index (χ1) is 7.92. The van der Waals surface area contributed by atoms with Crippen LogP contribution < -0.4 is 0 Å². The van der Waals surface area contributed by atoms with Crippen molar-refractivity contribution in [3.8, 4) is 0 Å². The second-order valence-electron chi connectivity index (χ2n) is 5.74. The number of aliphatic hydroxyl groups excluding tert-OH is 1. The van der Waals surface area contributed by atoms with Gasteiger partial charge in [-0.15, -0.1) is 0 Å². The predicted octanol–water partition coefficient (Wildman–Crippen LogP) is 2.46. The van der Waals surface area contributed by atoms with Crippen molar-refractivity contribution in [2.24, 2.45) is 0 Å². The first-order valence-electron chi connectivity index (χ1n) is 6.57. The third-order valence-electron chi connectivity index (χ3n) is 3.72. The van der Waals surface area contributed by atoms with Crippen LogP contribution in [0, 0.1) is 0 Å². The smallest absolute Gasteiger partial charge is 0.170 e. The van der Waals surface area contributed by atoms with Crippen LogP contribution in [0.1, 0.15) is 39.5 Å². The van der Waals surface area contributed by atoms with Gasteiger partial charge in [0.05, 0.1) is 6.54 Å². The Labute approximate surface area is 111 Å². The fourth-order valence-electron chi connectivity index (χ4n) is 2.43. The standard InChI is InChI=1S/C13H26N2OS/c1-13(2,15-8-5-4-6-9-15)7-10-14(3)11-12(16)17/h4-11H2,1-3H3,(H,16,17). The molecule has 1 rings (SSSR count). The molecule has 1 N–H and O–H groups in total. The number of likely N-dealkylation sites (N-methyl/N-ethyl adjacent to an activating group) is 1. The molecule has 0 saturated carbocycles. The molecule has 0 aromatic heterocycles. The number of piperidine rings is 1. The van der Waals surface area contributed by atoms with Gasteiger partial charge in [0.2, 0.25) is 0 Å². The molecule has 0 unspecified atom stereocenters. The normalized spacial score (nSPS) is 18.6. The number of aliphatic hydroxyl groups is 1. The van der Waals surface area contributed by atoms with Gasteiger partial charge in [-0.2, -0.15) is 0 Å². The van der Waals surface area contributed by atoms with Crippen molar-refractivity contribution < 1.29 is 5.11 Å². The molecule has 4 heteroatoms. The minimum atomic E-state index is 0.0864. The van der Waals surface area contributed by atoms with Gasteiger partial charge in [0.15, 0.2) is 5.05 Å². The maximum atomic E-state index is 9.08. The first-order valence-corrected chi connectivity index (χ1v) is 6.98. The van der Waals surface area contributed by atoms with Gasteiger partial charge in [-0.1, -0.05) is 6.42 Å². The fourth-order valence-corrected chi connectivity index (χ4v) is 2.65. The third-order valence-corrected chi connectivity index (χ3v) is 3.85. The lowest BCUT2D eigenvalue weighted by molar-refractivity contribution is 0.0803. The van der Waals surface area contributed by atoms with Crippen LogP contribution in [0.3, 0.4) is 0 Å². The summed E-state index contributed by atoms with van der Waals surface area (Å²) >= 11 is 4.71. The number of rotatable bonds is 6. The van der Waals surface area contributed by atoms with Crippen molar-refractivity contribution in [2.75, 3.05) is 33.2 Å². The van der Waals surface area contributed by atoms with E-state index in [1.54, 1.807) is 0 Å². The van der Waals surface area contributed by atoms with Crippen molar-refractivity contribution in [1.29, 1.82) is 0 Å². The molecule has 1 aliphatic heterocycles. The van der Waals surface area contributed by atoms with Gasteiger partial charge in [0.1, 0.15) is 0 Å². The van der Waals surface area contributed by atoms with E-state index in [0.717, 1.165) is 13.0 Å². The van der Waals surface area contributed by atoms with E-state index >= 15 is 0 Å². The number of thiocarbonyl (C=S) groups is 1. The molecule has 1 aliphatic rings. The summed E-state index contributed by atoms with van der Waals surface area (Å²) in [5.74, 6) is 0. The number of nitrogens with zero attached hydrogens (tertiary/aromatic N) is 2. The van der Waals surface area contributed by atoms with Gasteiger partial charge < -0.3 is 5.11 Å². The molecule has 100 valence electrons. The molecule has 0 atom stereocenters. The molecule has 0 amide bonds. The molecular weight excluding hydrogens is 232 g/mol. The maximum absolute atomic E-state index is 9.08. The monoisotopic (exact) mass is 258 g/mol. The highest BCUT2D eigenvalue weighted by Gasteiger charge is 2.27. The zero-order valence-electron chi connectivity index (χ0n) is 11.4. The summed E-state index contributed by atoms with van der Waals surface area (Å²) in [6, 6.07) is 0. The van der Waals surface area contributed by atoms with E-state index in [0.29, 0.717) is 6.54 Å². The zero-order valence-corrected chi connectivity index (χ0v) is 12.2.